The number of benzene rings is 1. The molecule has 0 fully saturated rings. The van der Waals surface area contributed by atoms with Crippen LogP contribution in [0.25, 0.3) is 21.7 Å². The van der Waals surface area contributed by atoms with Gasteiger partial charge in [-0.25, -0.2) is 9.78 Å². The van der Waals surface area contributed by atoms with Crippen molar-refractivity contribution in [2.24, 2.45) is 0 Å². The van der Waals surface area contributed by atoms with Gasteiger partial charge in [0.05, 0.1) is 27.2 Å². The van der Waals surface area contributed by atoms with E-state index in [1.54, 1.807) is 24.3 Å². The predicted molar refractivity (Wildman–Crippen MR) is 95.4 cm³/mol. The van der Waals surface area contributed by atoms with Gasteiger partial charge >= 0.3 is 5.97 Å². The zero-order chi connectivity index (χ0) is 17.2. The summed E-state index contributed by atoms with van der Waals surface area (Å²) in [5.74, 6) is -0.416. The summed E-state index contributed by atoms with van der Waals surface area (Å²) >= 11 is 1.55. The highest BCUT2D eigenvalue weighted by Gasteiger charge is 2.20. The lowest BCUT2D eigenvalue weighted by molar-refractivity contribution is 0.0475. The molecule has 1 aromatic carbocycles. The van der Waals surface area contributed by atoms with E-state index < -0.39 is 5.97 Å². The van der Waals surface area contributed by atoms with Gasteiger partial charge in [-0.3, -0.25) is 0 Å². The molecule has 0 N–H and O–H groups in total. The van der Waals surface area contributed by atoms with Crippen molar-refractivity contribution in [1.29, 1.82) is 0 Å². The Kier molecular flexibility index (Phi) is 4.03. The summed E-state index contributed by atoms with van der Waals surface area (Å²) in [7, 11) is 0. The van der Waals surface area contributed by atoms with Crippen LogP contribution in [0.4, 0.5) is 0 Å². The molecule has 25 heavy (non-hydrogen) atoms. The fourth-order valence-corrected chi connectivity index (χ4v) is 3.29. The van der Waals surface area contributed by atoms with Crippen molar-refractivity contribution >= 4 is 28.4 Å². The Hall–Kier alpha value is -2.99. The normalized spacial score (nSPS) is 10.9. The molecule has 0 unspecified atom stereocenters. The smallest absolute Gasteiger partial charge is 0.339 e. The Labute approximate surface area is 147 Å². The maximum absolute atomic E-state index is 12.7. The number of nitrogens with zero attached hydrogens (tertiary/aromatic N) is 2. The Morgan fingerprint density at radius 2 is 2.04 bits per heavy atom. The van der Waals surface area contributed by atoms with E-state index in [1.807, 2.05) is 47.8 Å². The second kappa shape index (κ2) is 6.49. The molecule has 4 rings (SSSR count). The summed E-state index contributed by atoms with van der Waals surface area (Å²) in [5.41, 5.74) is 2.98. The number of thiophene rings is 1. The van der Waals surface area contributed by atoms with Crippen molar-refractivity contribution in [3.8, 4) is 10.6 Å². The number of carbonyl (C=O) groups is 1. The molecule has 0 atom stereocenters. The van der Waals surface area contributed by atoms with Crippen LogP contribution in [0.2, 0.25) is 0 Å². The monoisotopic (exact) mass is 350 g/mol. The van der Waals surface area contributed by atoms with Crippen LogP contribution < -0.4 is 0 Å². The summed E-state index contributed by atoms with van der Waals surface area (Å²) in [5, 5.41) is 6.49. The Balaban J connectivity index is 1.71. The lowest BCUT2D eigenvalue weighted by Crippen LogP contribution is -2.07. The number of aryl methyl sites for hydroxylation is 1. The molecule has 4 aromatic rings. The molecule has 0 aliphatic rings. The van der Waals surface area contributed by atoms with Gasteiger partial charge < -0.3 is 9.26 Å². The highest BCUT2D eigenvalue weighted by atomic mass is 32.1. The zero-order valence-corrected chi connectivity index (χ0v) is 14.2. The molecule has 3 aromatic heterocycles. The fraction of sp³-hybridized carbons (Fsp3) is 0.105. The predicted octanol–water partition coefficient (Wildman–Crippen LogP) is 4.62. The molecular weight excluding hydrogens is 336 g/mol. The Morgan fingerprint density at radius 1 is 1.20 bits per heavy atom. The van der Waals surface area contributed by atoms with Gasteiger partial charge in [-0.15, -0.1) is 11.3 Å². The third-order valence-corrected chi connectivity index (χ3v) is 4.72. The topological polar surface area (TPSA) is 65.2 Å². The molecule has 0 aliphatic heterocycles. The van der Waals surface area contributed by atoms with Crippen molar-refractivity contribution in [2.75, 3.05) is 0 Å². The number of rotatable bonds is 4. The Bertz CT molecular complexity index is 1020. The number of fused-ring (bicyclic) bond motifs is 1. The second-order valence-electron chi connectivity index (χ2n) is 5.54. The molecule has 0 radical (unpaired) electrons. The minimum Gasteiger partial charge on any atom is -0.457 e. The number of ether oxygens (including phenoxy) is 1. The van der Waals surface area contributed by atoms with E-state index in [0.29, 0.717) is 28.1 Å². The van der Waals surface area contributed by atoms with Crippen molar-refractivity contribution < 1.29 is 14.1 Å². The average molecular weight is 350 g/mol. The van der Waals surface area contributed by atoms with Crippen molar-refractivity contribution in [2.45, 2.75) is 13.5 Å². The first kappa shape index (κ1) is 15.5. The first-order chi connectivity index (χ1) is 12.2. The van der Waals surface area contributed by atoms with Crippen LogP contribution in [-0.2, 0) is 11.3 Å². The van der Waals surface area contributed by atoms with Gasteiger partial charge in [-0.2, -0.15) is 0 Å². The SMILES string of the molecule is Cc1noc2nc(-c3cccs3)cc(C(=O)OCc3ccccc3)c12. The highest BCUT2D eigenvalue weighted by molar-refractivity contribution is 7.13. The maximum Gasteiger partial charge on any atom is 0.339 e. The molecule has 0 saturated carbocycles. The lowest BCUT2D eigenvalue weighted by Gasteiger charge is -2.07. The van der Waals surface area contributed by atoms with E-state index in [0.717, 1.165) is 10.4 Å². The molecule has 0 saturated heterocycles. The van der Waals surface area contributed by atoms with Crippen LogP contribution >= 0.6 is 11.3 Å². The van der Waals surface area contributed by atoms with Gasteiger partial charge in [0.15, 0.2) is 0 Å². The number of pyridine rings is 1. The molecule has 0 spiro atoms. The van der Waals surface area contributed by atoms with Crippen LogP contribution in [0, 0.1) is 6.92 Å². The highest BCUT2D eigenvalue weighted by Crippen LogP contribution is 2.29. The third-order valence-electron chi connectivity index (χ3n) is 3.82. The van der Waals surface area contributed by atoms with E-state index >= 15 is 0 Å². The third kappa shape index (κ3) is 3.04. The Morgan fingerprint density at radius 3 is 2.80 bits per heavy atom. The van der Waals surface area contributed by atoms with E-state index in [9.17, 15) is 4.79 Å². The summed E-state index contributed by atoms with van der Waals surface area (Å²) in [6.45, 7) is 1.99. The number of hydrogen-bond acceptors (Lipinski definition) is 6. The second-order valence-corrected chi connectivity index (χ2v) is 6.49. The molecule has 5 nitrogen and oxygen atoms in total. The molecule has 124 valence electrons. The van der Waals surface area contributed by atoms with E-state index in [1.165, 1.54) is 0 Å². The summed E-state index contributed by atoms with van der Waals surface area (Å²) in [4.78, 5) is 18.1. The van der Waals surface area contributed by atoms with E-state index in [-0.39, 0.29) is 6.61 Å². The van der Waals surface area contributed by atoms with Gasteiger partial charge in [0.2, 0.25) is 0 Å². The number of hydrogen-bond donors (Lipinski definition) is 0. The summed E-state index contributed by atoms with van der Waals surface area (Å²) < 4.78 is 10.8. The largest absolute Gasteiger partial charge is 0.457 e. The van der Waals surface area contributed by atoms with Gasteiger partial charge in [-0.05, 0) is 30.0 Å². The van der Waals surface area contributed by atoms with Crippen LogP contribution in [0.15, 0.2) is 58.4 Å². The van der Waals surface area contributed by atoms with Gasteiger partial charge in [-0.1, -0.05) is 41.6 Å². The molecular formula is C19H14N2O3S. The van der Waals surface area contributed by atoms with Crippen molar-refractivity contribution in [1.82, 2.24) is 10.1 Å². The molecule has 0 bridgehead atoms. The minimum absolute atomic E-state index is 0.210. The number of carbonyl (C=O) groups excluding carboxylic acids is 1. The standard InChI is InChI=1S/C19H14N2O3S/c1-12-17-14(19(22)23-11-13-6-3-2-4-7-13)10-15(16-8-5-9-25-16)20-18(17)24-21-12/h2-10H,11H2,1H3. The molecule has 0 amide bonds. The average Bonchev–Trinajstić information content (AvgIpc) is 3.30. The van der Waals surface area contributed by atoms with Crippen molar-refractivity contribution in [3.05, 3.63) is 70.7 Å². The van der Waals surface area contributed by atoms with Crippen LogP contribution in [-0.4, -0.2) is 16.1 Å². The first-order valence-electron chi connectivity index (χ1n) is 7.74. The quantitative estimate of drug-likeness (QED) is 0.503. The minimum atomic E-state index is -0.416. The number of aromatic nitrogens is 2. The number of esters is 1. The molecule has 0 aliphatic carbocycles. The van der Waals surface area contributed by atoms with Gasteiger partial charge in [0.25, 0.3) is 5.71 Å². The van der Waals surface area contributed by atoms with Gasteiger partial charge in [0.1, 0.15) is 6.61 Å². The maximum atomic E-state index is 12.7. The zero-order valence-electron chi connectivity index (χ0n) is 13.4. The summed E-state index contributed by atoms with van der Waals surface area (Å²) in [6.07, 6.45) is 0. The van der Waals surface area contributed by atoms with Crippen LogP contribution in [0.3, 0.4) is 0 Å². The molecule has 3 heterocycles. The summed E-state index contributed by atoms with van der Waals surface area (Å²) in [6, 6.07) is 15.2. The van der Waals surface area contributed by atoms with Gasteiger partial charge in [0, 0.05) is 0 Å². The van der Waals surface area contributed by atoms with Crippen molar-refractivity contribution in [3.63, 3.8) is 0 Å². The first-order valence-corrected chi connectivity index (χ1v) is 8.62. The fourth-order valence-electron chi connectivity index (χ4n) is 2.61. The lowest BCUT2D eigenvalue weighted by atomic mass is 10.1. The van der Waals surface area contributed by atoms with E-state index in [2.05, 4.69) is 10.1 Å². The molecule has 6 heteroatoms. The van der Waals surface area contributed by atoms with E-state index in [4.69, 9.17) is 9.26 Å². The van der Waals surface area contributed by atoms with Crippen LogP contribution in [0.1, 0.15) is 21.6 Å². The van der Waals surface area contributed by atoms with Crippen LogP contribution in [0.5, 0.6) is 0 Å².